The Morgan fingerprint density at radius 1 is 1.08 bits per heavy atom. The van der Waals surface area contributed by atoms with Gasteiger partial charge in [-0.3, -0.25) is 9.59 Å². The first kappa shape index (κ1) is 18.6. The molecule has 0 radical (unpaired) electrons. The van der Waals surface area contributed by atoms with Gasteiger partial charge in [-0.15, -0.1) is 0 Å². The van der Waals surface area contributed by atoms with E-state index in [0.717, 1.165) is 6.42 Å². The van der Waals surface area contributed by atoms with Gasteiger partial charge < -0.3 is 19.3 Å². The molecule has 25 heavy (non-hydrogen) atoms. The van der Waals surface area contributed by atoms with Crippen LogP contribution in [0.4, 0.5) is 0 Å². The summed E-state index contributed by atoms with van der Waals surface area (Å²) in [5.41, 5.74) is -2.77. The third-order valence-electron chi connectivity index (χ3n) is 6.73. The third-order valence-corrected chi connectivity index (χ3v) is 6.73. The smallest absolute Gasteiger partial charge is 0.303 e. The number of fused-ring (bicyclic) bond motifs is 2. The fourth-order valence-electron chi connectivity index (χ4n) is 5.74. The average Bonchev–Trinajstić information content (AvgIpc) is 2.62. The largest absolute Gasteiger partial charge is 0.462 e. The number of ether oxygens (including phenoxy) is 3. The van der Waals surface area contributed by atoms with Crippen LogP contribution >= 0.6 is 0 Å². The number of rotatable bonds is 2. The molecule has 2 aliphatic carbocycles. The summed E-state index contributed by atoms with van der Waals surface area (Å²) in [4.78, 5) is 23.2. The minimum Gasteiger partial charge on any atom is -0.462 e. The van der Waals surface area contributed by atoms with Crippen LogP contribution in [0.5, 0.6) is 0 Å². The molecule has 0 unspecified atom stereocenters. The highest BCUT2D eigenvalue weighted by molar-refractivity contribution is 5.66. The number of hydrogen-bond donors (Lipinski definition) is 1. The molecule has 4 fully saturated rings. The molecule has 6 nitrogen and oxygen atoms in total. The molecule has 0 aromatic rings. The normalized spacial score (nSPS) is 47.7. The lowest BCUT2D eigenvalue weighted by atomic mass is 9.72. The first-order valence-corrected chi connectivity index (χ1v) is 9.16. The van der Waals surface area contributed by atoms with E-state index in [-0.39, 0.29) is 29.8 Å². The number of carbonyl (C=O) groups excluding carboxylic acids is 2. The molecule has 1 N–H and O–H groups in total. The van der Waals surface area contributed by atoms with Gasteiger partial charge >= 0.3 is 11.9 Å². The maximum Gasteiger partial charge on any atom is 0.303 e. The second-order valence-corrected chi connectivity index (χ2v) is 8.91. The van der Waals surface area contributed by atoms with E-state index < -0.39 is 28.9 Å². The molecule has 2 bridgehead atoms. The van der Waals surface area contributed by atoms with Gasteiger partial charge in [0, 0.05) is 26.2 Å². The van der Waals surface area contributed by atoms with Crippen molar-refractivity contribution >= 4 is 11.9 Å². The van der Waals surface area contributed by atoms with Gasteiger partial charge in [0.05, 0.1) is 11.2 Å². The molecule has 2 heterocycles. The fourth-order valence-corrected chi connectivity index (χ4v) is 5.74. The Labute approximate surface area is 149 Å². The van der Waals surface area contributed by atoms with E-state index in [1.165, 1.54) is 13.8 Å². The first-order chi connectivity index (χ1) is 11.4. The molecule has 6 heteroatoms. The standard InChI is InChI=1S/C19H30O6/c1-10-7-14(23-11(2)20)16-13(10)8-19(22)15(24-12(3)21)9-18(16,6)25-17(19,4)5/h10,13-16,22H,7-9H2,1-6H3/t10-,13-,14+,15-,16+,18+,19-/m1/s1. The summed E-state index contributed by atoms with van der Waals surface area (Å²) in [6.07, 6.45) is 0.768. The second kappa shape index (κ2) is 5.68. The van der Waals surface area contributed by atoms with Crippen LogP contribution in [-0.4, -0.2) is 46.1 Å². The molecule has 2 aliphatic heterocycles. The summed E-state index contributed by atoms with van der Waals surface area (Å²) in [6.45, 7) is 10.6. The van der Waals surface area contributed by atoms with Crippen molar-refractivity contribution in [3.05, 3.63) is 0 Å². The van der Waals surface area contributed by atoms with Crippen molar-refractivity contribution in [3.8, 4) is 0 Å². The van der Waals surface area contributed by atoms with Gasteiger partial charge in [-0.25, -0.2) is 0 Å². The summed E-state index contributed by atoms with van der Waals surface area (Å²) in [5, 5.41) is 11.6. The summed E-state index contributed by atoms with van der Waals surface area (Å²) in [6, 6.07) is 0. The highest BCUT2D eigenvalue weighted by Gasteiger charge is 2.69. The van der Waals surface area contributed by atoms with E-state index >= 15 is 0 Å². The minimum absolute atomic E-state index is 0.0275. The van der Waals surface area contributed by atoms with Crippen molar-refractivity contribution in [2.45, 2.75) is 89.8 Å². The van der Waals surface area contributed by atoms with Gasteiger partial charge in [-0.1, -0.05) is 6.92 Å². The van der Waals surface area contributed by atoms with E-state index in [2.05, 4.69) is 6.92 Å². The number of hydrogen-bond acceptors (Lipinski definition) is 6. The van der Waals surface area contributed by atoms with Gasteiger partial charge in [0.15, 0.2) is 0 Å². The lowest BCUT2D eigenvalue weighted by Gasteiger charge is -2.55. The van der Waals surface area contributed by atoms with Gasteiger partial charge in [-0.2, -0.15) is 0 Å². The highest BCUT2D eigenvalue weighted by Crippen LogP contribution is 2.60. The molecule has 7 atom stereocenters. The molecule has 4 rings (SSSR count). The van der Waals surface area contributed by atoms with Gasteiger partial charge in [-0.05, 0) is 45.4 Å². The first-order valence-electron chi connectivity index (χ1n) is 9.16. The van der Waals surface area contributed by atoms with E-state index in [1.54, 1.807) is 0 Å². The molecular formula is C19H30O6. The zero-order valence-electron chi connectivity index (χ0n) is 16.0. The Kier molecular flexibility index (Phi) is 4.24. The monoisotopic (exact) mass is 354 g/mol. The van der Waals surface area contributed by atoms with E-state index in [4.69, 9.17) is 14.2 Å². The van der Waals surface area contributed by atoms with E-state index in [1.807, 2.05) is 20.8 Å². The maximum absolute atomic E-state index is 11.6. The minimum atomic E-state index is -1.27. The average molecular weight is 354 g/mol. The molecule has 0 aromatic heterocycles. The molecule has 0 aromatic carbocycles. The van der Waals surface area contributed by atoms with Crippen LogP contribution in [0.3, 0.4) is 0 Å². The highest BCUT2D eigenvalue weighted by atomic mass is 16.6. The van der Waals surface area contributed by atoms with Crippen LogP contribution < -0.4 is 0 Å². The van der Waals surface area contributed by atoms with Gasteiger partial charge in [0.2, 0.25) is 0 Å². The van der Waals surface area contributed by atoms with Crippen molar-refractivity contribution in [1.82, 2.24) is 0 Å². The Bertz CT molecular complexity index is 586. The summed E-state index contributed by atoms with van der Waals surface area (Å²) >= 11 is 0. The maximum atomic E-state index is 11.6. The fraction of sp³-hybridized carbons (Fsp3) is 0.895. The Hall–Kier alpha value is -1.14. The van der Waals surface area contributed by atoms with Gasteiger partial charge in [0.1, 0.15) is 17.8 Å². The van der Waals surface area contributed by atoms with Crippen LogP contribution in [0.25, 0.3) is 0 Å². The van der Waals surface area contributed by atoms with Crippen molar-refractivity contribution in [1.29, 1.82) is 0 Å². The molecule has 0 spiro atoms. The quantitative estimate of drug-likeness (QED) is 0.766. The Morgan fingerprint density at radius 2 is 1.68 bits per heavy atom. The van der Waals surface area contributed by atoms with Crippen molar-refractivity contribution in [3.63, 3.8) is 0 Å². The van der Waals surface area contributed by atoms with Crippen molar-refractivity contribution in [2.75, 3.05) is 0 Å². The zero-order valence-corrected chi connectivity index (χ0v) is 16.0. The van der Waals surface area contributed by atoms with Crippen LogP contribution in [-0.2, 0) is 23.8 Å². The lowest BCUT2D eigenvalue weighted by molar-refractivity contribution is -0.299. The Morgan fingerprint density at radius 3 is 2.24 bits per heavy atom. The molecule has 2 saturated carbocycles. The Balaban J connectivity index is 2.06. The summed E-state index contributed by atoms with van der Waals surface area (Å²) in [7, 11) is 0. The van der Waals surface area contributed by atoms with E-state index in [9.17, 15) is 14.7 Å². The molecule has 142 valence electrons. The van der Waals surface area contributed by atoms with Crippen molar-refractivity contribution < 1.29 is 28.9 Å². The topological polar surface area (TPSA) is 82.1 Å². The van der Waals surface area contributed by atoms with Gasteiger partial charge in [0.25, 0.3) is 0 Å². The third kappa shape index (κ3) is 2.78. The molecule has 2 saturated heterocycles. The number of esters is 2. The molecule has 4 aliphatic rings. The van der Waals surface area contributed by atoms with Crippen LogP contribution in [0.2, 0.25) is 0 Å². The number of aliphatic hydroxyl groups is 1. The van der Waals surface area contributed by atoms with Crippen molar-refractivity contribution in [2.24, 2.45) is 17.8 Å². The van der Waals surface area contributed by atoms with E-state index in [0.29, 0.717) is 12.8 Å². The lowest BCUT2D eigenvalue weighted by Crippen LogP contribution is -2.67. The SMILES string of the molecule is CC(=O)O[C@H]1C[C@@H](C)[C@H]2C[C@@]3(O)[C@H](OC(C)=O)C[C@](C)(OC3(C)C)[C@@H]21. The predicted octanol–water partition coefficient (Wildman–Crippen LogP) is 2.21. The van der Waals surface area contributed by atoms with Crippen LogP contribution in [0, 0.1) is 17.8 Å². The molecular weight excluding hydrogens is 324 g/mol. The molecule has 0 amide bonds. The number of carbonyl (C=O) groups is 2. The zero-order chi connectivity index (χ0) is 18.8. The summed E-state index contributed by atoms with van der Waals surface area (Å²) < 4.78 is 17.6. The predicted molar refractivity (Wildman–Crippen MR) is 89.6 cm³/mol. The van der Waals surface area contributed by atoms with Crippen LogP contribution in [0.1, 0.15) is 60.8 Å². The second-order valence-electron chi connectivity index (χ2n) is 8.91. The van der Waals surface area contributed by atoms with Crippen LogP contribution in [0.15, 0.2) is 0 Å². The summed E-state index contributed by atoms with van der Waals surface area (Å²) in [5.74, 6) is -0.300.